The lowest BCUT2D eigenvalue weighted by Gasteiger charge is -2.32. The number of imidazole rings is 2. The van der Waals surface area contributed by atoms with Gasteiger partial charge in [0.15, 0.2) is 0 Å². The number of carboxylic acid groups (broad SMARTS) is 1. The van der Waals surface area contributed by atoms with Gasteiger partial charge in [-0.2, -0.15) is 0 Å². The van der Waals surface area contributed by atoms with E-state index in [-0.39, 0.29) is 25.7 Å². The Morgan fingerprint density at radius 1 is 0.712 bits per heavy atom. The van der Waals surface area contributed by atoms with Crippen molar-refractivity contribution in [1.82, 2.24) is 35.5 Å². The predicted molar refractivity (Wildman–Crippen MR) is 296 cm³/mol. The number of carboxylic acids is 1. The number of likely N-dealkylation sites (tertiary alicyclic amines) is 1. The predicted octanol–water partition coefficient (Wildman–Crippen LogP) is 12.7. The second-order valence-electron chi connectivity index (χ2n) is 20.9. The number of piperidine rings is 2. The highest BCUT2D eigenvalue weighted by molar-refractivity contribution is 5.84. The second-order valence-corrected chi connectivity index (χ2v) is 20.9. The van der Waals surface area contributed by atoms with Gasteiger partial charge in [-0.15, -0.1) is 0 Å². The van der Waals surface area contributed by atoms with Crippen molar-refractivity contribution in [2.75, 3.05) is 26.2 Å². The molecule has 6 aromatic carbocycles. The van der Waals surface area contributed by atoms with E-state index in [0.717, 1.165) is 90.0 Å². The van der Waals surface area contributed by atoms with Crippen molar-refractivity contribution < 1.29 is 24.2 Å². The molecule has 2 fully saturated rings. The number of amides is 2. The van der Waals surface area contributed by atoms with Crippen molar-refractivity contribution in [3.05, 3.63) is 155 Å². The number of aryl methyl sites for hydroxylation is 2. The van der Waals surface area contributed by atoms with E-state index in [1.807, 2.05) is 42.5 Å². The summed E-state index contributed by atoms with van der Waals surface area (Å²) < 4.78 is 5.21. The van der Waals surface area contributed by atoms with Gasteiger partial charge < -0.3 is 35.3 Å². The number of benzene rings is 6. The Morgan fingerprint density at radius 2 is 1.26 bits per heavy atom. The summed E-state index contributed by atoms with van der Waals surface area (Å²) in [6.07, 6.45) is 5.79. The average molecular weight is 986 g/mol. The van der Waals surface area contributed by atoms with Crippen LogP contribution in [0, 0.1) is 19.8 Å². The smallest absolute Gasteiger partial charge is 0.407 e. The van der Waals surface area contributed by atoms with Crippen molar-refractivity contribution in [1.29, 1.82) is 0 Å². The number of H-pyrrole nitrogens is 2. The molecule has 0 radical (unpaired) electrons. The number of aliphatic carboxylic acids is 1. The number of rotatable bonds is 11. The first-order chi connectivity index (χ1) is 34.6. The minimum absolute atomic E-state index is 0. The SMILES string of the molecule is C.CC(C)(C)OC(=O)N[C@@H](CC(=O)O)Cc1ccc2ccccc2c1.Cc1cccc2[nH]c([C@@H]3CCCN(C(=O)C[C@H](C)Cc4ccc5ccccc5c4)C3)nc12.Cc1cccc2[nH]c([C@@H]3CCCNC3)nc12. The van der Waals surface area contributed by atoms with Crippen molar-refractivity contribution in [2.45, 2.75) is 124 Å². The molecule has 0 aliphatic carbocycles. The van der Waals surface area contributed by atoms with Crippen molar-refractivity contribution in [2.24, 2.45) is 5.92 Å². The molecular formula is C61H75N7O5. The number of aromatic amines is 2. The summed E-state index contributed by atoms with van der Waals surface area (Å²) in [6, 6.07) is 41.0. The molecule has 2 amide bonds. The third-order valence-corrected chi connectivity index (χ3v) is 13.7. The fraction of sp³-hybridized carbons (Fsp3) is 0.393. The maximum absolute atomic E-state index is 13.1. The lowest BCUT2D eigenvalue weighted by Crippen LogP contribution is -2.41. The first-order valence-corrected chi connectivity index (χ1v) is 25.7. The van der Waals surface area contributed by atoms with E-state index >= 15 is 0 Å². The first kappa shape index (κ1) is 53.7. The molecule has 12 heteroatoms. The lowest BCUT2D eigenvalue weighted by molar-refractivity contribution is -0.137. The topological polar surface area (TPSA) is 165 Å². The molecule has 0 bridgehead atoms. The van der Waals surface area contributed by atoms with E-state index in [2.05, 4.69) is 125 Å². The second kappa shape index (κ2) is 24.6. The van der Waals surface area contributed by atoms with Gasteiger partial charge in [0.25, 0.3) is 0 Å². The standard InChI is InChI=1S/C28H31N3O.C19H23NO4.C13H17N3.CH4/c1-19(15-21-12-13-22-8-3-4-9-23(22)17-21)16-26(32)31-14-6-10-24(18-31)28-29-25-11-5-7-20(2)27(25)30-28;1-19(2,3)24-18(23)20-16(12-17(21)22)11-13-8-9-14-6-4-5-7-15(14)10-13;1-9-4-2-6-11-12(9)16-13(15-11)10-5-3-7-14-8-10;/h3-5,7-9,11-13,17,19,24H,6,10,14-16,18H2,1-2H3,(H,29,30);4-10,16H,11-12H2,1-3H3,(H,20,23)(H,21,22);2,4,6,10,14H,3,5,7-8H2,1H3,(H,15,16);1H4/t19-,24-;16-;10-;/m111./s1. The van der Waals surface area contributed by atoms with Gasteiger partial charge in [0, 0.05) is 43.9 Å². The van der Waals surface area contributed by atoms with Gasteiger partial charge in [-0.25, -0.2) is 14.8 Å². The number of para-hydroxylation sites is 2. The van der Waals surface area contributed by atoms with Crippen LogP contribution in [0.15, 0.2) is 121 Å². The normalized spacial score (nSPS) is 16.6. The Bertz CT molecular complexity index is 3130. The summed E-state index contributed by atoms with van der Waals surface area (Å²) in [6.45, 7) is 15.5. The zero-order valence-corrected chi connectivity index (χ0v) is 42.8. The number of hydrogen-bond donors (Lipinski definition) is 5. The first-order valence-electron chi connectivity index (χ1n) is 25.7. The van der Waals surface area contributed by atoms with Gasteiger partial charge in [0.1, 0.15) is 17.2 Å². The molecule has 8 aromatic rings. The highest BCUT2D eigenvalue weighted by Gasteiger charge is 2.28. The minimum atomic E-state index is -0.961. The lowest BCUT2D eigenvalue weighted by atomic mass is 9.94. The van der Waals surface area contributed by atoms with Crippen LogP contribution in [0.3, 0.4) is 0 Å². The van der Waals surface area contributed by atoms with Crippen LogP contribution < -0.4 is 10.6 Å². The van der Waals surface area contributed by atoms with Gasteiger partial charge in [0.2, 0.25) is 5.91 Å². The van der Waals surface area contributed by atoms with Crippen LogP contribution in [-0.4, -0.2) is 85.7 Å². The van der Waals surface area contributed by atoms with Gasteiger partial charge in [-0.1, -0.05) is 124 Å². The Balaban J connectivity index is 0.000000168. The summed E-state index contributed by atoms with van der Waals surface area (Å²) in [5.41, 5.74) is 8.53. The van der Waals surface area contributed by atoms with Crippen LogP contribution in [0.4, 0.5) is 4.79 Å². The number of hydrogen-bond acceptors (Lipinski definition) is 7. The highest BCUT2D eigenvalue weighted by Crippen LogP contribution is 2.30. The molecule has 0 spiro atoms. The molecule has 5 N–H and O–H groups in total. The van der Waals surface area contributed by atoms with Crippen LogP contribution in [0.25, 0.3) is 43.6 Å². The number of carbonyl (C=O) groups excluding carboxylic acids is 2. The van der Waals surface area contributed by atoms with E-state index in [1.165, 1.54) is 45.8 Å². The zero-order chi connectivity index (χ0) is 50.8. The molecular weight excluding hydrogens is 911 g/mol. The molecule has 2 aromatic heterocycles. The van der Waals surface area contributed by atoms with Crippen LogP contribution in [0.2, 0.25) is 0 Å². The van der Waals surface area contributed by atoms with Crippen molar-refractivity contribution >= 4 is 61.6 Å². The van der Waals surface area contributed by atoms with Crippen LogP contribution in [0.5, 0.6) is 0 Å². The van der Waals surface area contributed by atoms with E-state index in [1.54, 1.807) is 20.8 Å². The Labute approximate surface area is 430 Å². The maximum Gasteiger partial charge on any atom is 0.407 e. The van der Waals surface area contributed by atoms with E-state index in [9.17, 15) is 14.4 Å². The molecule has 4 heterocycles. The number of nitrogens with one attached hydrogen (secondary N) is 4. The number of nitrogens with zero attached hydrogens (tertiary/aromatic N) is 3. The summed E-state index contributed by atoms with van der Waals surface area (Å²) in [4.78, 5) is 54.8. The third kappa shape index (κ3) is 14.8. The maximum atomic E-state index is 13.1. The fourth-order valence-corrected chi connectivity index (χ4v) is 10.1. The molecule has 12 nitrogen and oxygen atoms in total. The largest absolute Gasteiger partial charge is 0.481 e. The third-order valence-electron chi connectivity index (χ3n) is 13.7. The van der Waals surface area contributed by atoms with Crippen LogP contribution >= 0.6 is 0 Å². The molecule has 10 rings (SSSR count). The monoisotopic (exact) mass is 986 g/mol. The molecule has 2 saturated heterocycles. The molecule has 2 aliphatic heterocycles. The summed E-state index contributed by atoms with van der Waals surface area (Å²) in [7, 11) is 0. The van der Waals surface area contributed by atoms with Crippen LogP contribution in [-0.2, 0) is 27.2 Å². The van der Waals surface area contributed by atoms with Gasteiger partial charge in [-0.3, -0.25) is 9.59 Å². The average Bonchev–Trinajstić information content (AvgIpc) is 4.01. The number of fused-ring (bicyclic) bond motifs is 4. The molecule has 384 valence electrons. The van der Waals surface area contributed by atoms with E-state index in [4.69, 9.17) is 19.8 Å². The van der Waals surface area contributed by atoms with Gasteiger partial charge in [0.05, 0.1) is 28.5 Å². The van der Waals surface area contributed by atoms with E-state index in [0.29, 0.717) is 24.7 Å². The van der Waals surface area contributed by atoms with Gasteiger partial charge in [-0.05, 0) is 142 Å². The van der Waals surface area contributed by atoms with E-state index < -0.39 is 23.7 Å². The quantitative estimate of drug-likeness (QED) is 0.0854. The molecule has 0 saturated carbocycles. The van der Waals surface area contributed by atoms with Crippen molar-refractivity contribution in [3.63, 3.8) is 0 Å². The van der Waals surface area contributed by atoms with Gasteiger partial charge >= 0.3 is 12.1 Å². The zero-order valence-electron chi connectivity index (χ0n) is 42.8. The molecule has 0 unspecified atom stereocenters. The molecule has 2 aliphatic rings. The Hall–Kier alpha value is -7.05. The summed E-state index contributed by atoms with van der Waals surface area (Å²) >= 11 is 0. The molecule has 73 heavy (non-hydrogen) atoms. The number of ether oxygens (including phenoxy) is 1. The van der Waals surface area contributed by atoms with Crippen molar-refractivity contribution in [3.8, 4) is 0 Å². The van der Waals surface area contributed by atoms with Crippen LogP contribution in [0.1, 0.15) is 119 Å². The number of alkyl carbamates (subject to hydrolysis) is 1. The number of carbonyl (C=O) groups is 3. The Kier molecular flexibility index (Phi) is 18.1. The summed E-state index contributed by atoms with van der Waals surface area (Å²) in [5, 5.41) is 19.9. The Morgan fingerprint density at radius 3 is 1.79 bits per heavy atom. The minimum Gasteiger partial charge on any atom is -0.481 e. The summed E-state index contributed by atoms with van der Waals surface area (Å²) in [5.74, 6) is 2.65. The number of aromatic nitrogens is 4. The highest BCUT2D eigenvalue weighted by atomic mass is 16.6. The fourth-order valence-electron chi connectivity index (χ4n) is 10.1. The molecule has 4 atom stereocenters.